The first-order chi connectivity index (χ1) is 6.68. The van der Waals surface area contributed by atoms with Gasteiger partial charge in [0, 0.05) is 37.8 Å². The van der Waals surface area contributed by atoms with E-state index in [2.05, 4.69) is 36.0 Å². The van der Waals surface area contributed by atoms with Gasteiger partial charge in [0.1, 0.15) is 0 Å². The maximum atomic E-state index is 3.54. The van der Waals surface area contributed by atoms with Crippen LogP contribution in [0.4, 0.5) is 0 Å². The van der Waals surface area contributed by atoms with E-state index >= 15 is 0 Å². The summed E-state index contributed by atoms with van der Waals surface area (Å²) in [4.78, 5) is 5.14. The van der Waals surface area contributed by atoms with Crippen LogP contribution in [0.2, 0.25) is 0 Å². The van der Waals surface area contributed by atoms with Crippen LogP contribution < -0.4 is 5.32 Å². The topological polar surface area (TPSA) is 18.5 Å². The van der Waals surface area contributed by atoms with Crippen LogP contribution >= 0.6 is 24.8 Å². The lowest BCUT2D eigenvalue weighted by Crippen LogP contribution is -2.56. The van der Waals surface area contributed by atoms with Crippen LogP contribution in [0.1, 0.15) is 20.3 Å². The van der Waals surface area contributed by atoms with Crippen molar-refractivity contribution in [1.29, 1.82) is 0 Å². The molecule has 0 bridgehead atoms. The predicted molar refractivity (Wildman–Crippen MR) is 74.0 cm³/mol. The van der Waals surface area contributed by atoms with Crippen molar-refractivity contribution in [1.82, 2.24) is 15.1 Å². The van der Waals surface area contributed by atoms with Gasteiger partial charge in [0.05, 0.1) is 0 Å². The van der Waals surface area contributed by atoms with Gasteiger partial charge in [-0.2, -0.15) is 0 Å². The predicted octanol–water partition coefficient (Wildman–Crippen LogP) is 1.22. The molecule has 2 aliphatic rings. The Bertz CT molecular complexity index is 204. The molecule has 0 radical (unpaired) electrons. The summed E-state index contributed by atoms with van der Waals surface area (Å²) in [5.74, 6) is 0. The van der Waals surface area contributed by atoms with E-state index in [1.807, 2.05) is 0 Å². The molecule has 3 atom stereocenters. The molecular formula is C11H25Cl2N3. The lowest BCUT2D eigenvalue weighted by molar-refractivity contribution is 0.0580. The second-order valence-corrected chi connectivity index (χ2v) is 4.95. The first-order valence-electron chi connectivity index (χ1n) is 5.86. The molecule has 16 heavy (non-hydrogen) atoms. The Balaban J connectivity index is 0.00000112. The van der Waals surface area contributed by atoms with Crippen LogP contribution in [0.5, 0.6) is 0 Å². The molecule has 2 heterocycles. The molecule has 2 aliphatic heterocycles. The number of nitrogens with one attached hydrogen (secondary N) is 1. The van der Waals surface area contributed by atoms with Crippen molar-refractivity contribution >= 4 is 24.8 Å². The summed E-state index contributed by atoms with van der Waals surface area (Å²) in [6, 6.07) is 2.18. The Morgan fingerprint density at radius 2 is 1.81 bits per heavy atom. The monoisotopic (exact) mass is 269 g/mol. The maximum absolute atomic E-state index is 3.54. The Hall–Kier alpha value is 0.460. The number of hydrogen-bond donors (Lipinski definition) is 1. The molecule has 0 aromatic heterocycles. The average molecular weight is 270 g/mol. The van der Waals surface area contributed by atoms with E-state index in [-0.39, 0.29) is 24.8 Å². The second-order valence-electron chi connectivity index (χ2n) is 4.95. The van der Waals surface area contributed by atoms with Crippen molar-refractivity contribution in [2.75, 3.05) is 33.2 Å². The lowest BCUT2D eigenvalue weighted by atomic mass is 10.0. The quantitative estimate of drug-likeness (QED) is 0.773. The summed E-state index contributed by atoms with van der Waals surface area (Å²) < 4.78 is 0. The Morgan fingerprint density at radius 3 is 2.31 bits per heavy atom. The summed E-state index contributed by atoms with van der Waals surface area (Å²) in [5.41, 5.74) is 0. The molecule has 0 unspecified atom stereocenters. The van der Waals surface area contributed by atoms with E-state index in [1.165, 1.54) is 32.6 Å². The third-order valence-electron chi connectivity index (χ3n) is 3.79. The van der Waals surface area contributed by atoms with E-state index in [1.54, 1.807) is 0 Å². The smallest absolute Gasteiger partial charge is 0.0262 e. The number of rotatable bonds is 1. The van der Waals surface area contributed by atoms with Gasteiger partial charge in [-0.3, -0.25) is 4.90 Å². The van der Waals surface area contributed by atoms with Crippen LogP contribution in [0.15, 0.2) is 0 Å². The molecule has 2 fully saturated rings. The molecule has 2 rings (SSSR count). The molecule has 0 aromatic carbocycles. The van der Waals surface area contributed by atoms with E-state index in [4.69, 9.17) is 0 Å². The van der Waals surface area contributed by atoms with Crippen molar-refractivity contribution < 1.29 is 0 Å². The fourth-order valence-electron chi connectivity index (χ4n) is 2.94. The summed E-state index contributed by atoms with van der Waals surface area (Å²) in [5, 5.41) is 3.54. The molecule has 0 aromatic rings. The molecule has 1 N–H and O–H groups in total. The van der Waals surface area contributed by atoms with Gasteiger partial charge in [0.15, 0.2) is 0 Å². The van der Waals surface area contributed by atoms with Crippen LogP contribution in [0, 0.1) is 0 Å². The molecule has 5 heteroatoms. The number of hydrogen-bond acceptors (Lipinski definition) is 3. The van der Waals surface area contributed by atoms with Crippen molar-refractivity contribution in [2.45, 2.75) is 38.4 Å². The minimum Gasteiger partial charge on any atom is -0.313 e. The molecule has 0 aliphatic carbocycles. The molecule has 0 spiro atoms. The highest BCUT2D eigenvalue weighted by Gasteiger charge is 2.33. The summed E-state index contributed by atoms with van der Waals surface area (Å²) in [7, 11) is 2.23. The third-order valence-corrected chi connectivity index (χ3v) is 3.79. The van der Waals surface area contributed by atoms with Gasteiger partial charge in [0.2, 0.25) is 0 Å². The lowest BCUT2D eigenvalue weighted by Gasteiger charge is -2.42. The number of halogens is 2. The van der Waals surface area contributed by atoms with Gasteiger partial charge >= 0.3 is 0 Å². The van der Waals surface area contributed by atoms with Crippen molar-refractivity contribution in [2.24, 2.45) is 0 Å². The van der Waals surface area contributed by atoms with Gasteiger partial charge in [-0.15, -0.1) is 24.8 Å². The van der Waals surface area contributed by atoms with Crippen LogP contribution in [0.25, 0.3) is 0 Å². The fraction of sp³-hybridized carbons (Fsp3) is 1.00. The zero-order valence-corrected chi connectivity index (χ0v) is 12.1. The standard InChI is InChI=1S/C11H23N3.2ClH/c1-9-8-13(3)6-7-14(9)11-4-5-12-10(11)2;;/h9-12H,4-8H2,1-3H3;2*1H/t9-,10-,11-;;/m0../s1. The third kappa shape index (κ3) is 3.47. The number of nitrogens with zero attached hydrogens (tertiary/aromatic N) is 2. The second kappa shape index (κ2) is 7.02. The normalized spacial score (nSPS) is 36.6. The minimum atomic E-state index is 0. The minimum absolute atomic E-state index is 0. The fourth-order valence-corrected chi connectivity index (χ4v) is 2.94. The van der Waals surface area contributed by atoms with Crippen molar-refractivity contribution in [3.05, 3.63) is 0 Å². The summed E-state index contributed by atoms with van der Waals surface area (Å²) in [6.07, 6.45) is 1.33. The summed E-state index contributed by atoms with van der Waals surface area (Å²) >= 11 is 0. The van der Waals surface area contributed by atoms with Crippen molar-refractivity contribution in [3.8, 4) is 0 Å². The van der Waals surface area contributed by atoms with E-state index < -0.39 is 0 Å². The molecule has 2 saturated heterocycles. The van der Waals surface area contributed by atoms with Gasteiger partial charge in [-0.05, 0) is 33.9 Å². The van der Waals surface area contributed by atoms with Gasteiger partial charge in [-0.1, -0.05) is 0 Å². The first kappa shape index (κ1) is 16.5. The van der Waals surface area contributed by atoms with Crippen molar-refractivity contribution in [3.63, 3.8) is 0 Å². The Morgan fingerprint density at radius 1 is 1.12 bits per heavy atom. The van der Waals surface area contributed by atoms with Crippen LogP contribution in [-0.4, -0.2) is 61.2 Å². The molecular weight excluding hydrogens is 245 g/mol. The van der Waals surface area contributed by atoms with Gasteiger partial charge < -0.3 is 10.2 Å². The van der Waals surface area contributed by atoms with Crippen LogP contribution in [-0.2, 0) is 0 Å². The first-order valence-corrected chi connectivity index (χ1v) is 5.86. The molecule has 98 valence electrons. The van der Waals surface area contributed by atoms with E-state index in [0.29, 0.717) is 6.04 Å². The van der Waals surface area contributed by atoms with E-state index in [9.17, 15) is 0 Å². The van der Waals surface area contributed by atoms with E-state index in [0.717, 1.165) is 12.1 Å². The number of likely N-dealkylation sites (N-methyl/N-ethyl adjacent to an activating group) is 1. The Kier molecular flexibility index (Phi) is 7.22. The zero-order valence-electron chi connectivity index (χ0n) is 10.5. The van der Waals surface area contributed by atoms with Gasteiger partial charge in [0.25, 0.3) is 0 Å². The maximum Gasteiger partial charge on any atom is 0.0262 e. The largest absolute Gasteiger partial charge is 0.313 e. The number of piperazine rings is 1. The zero-order chi connectivity index (χ0) is 10.1. The highest BCUT2D eigenvalue weighted by Crippen LogP contribution is 2.20. The molecule has 0 saturated carbocycles. The Labute approximate surface area is 112 Å². The summed E-state index contributed by atoms with van der Waals surface area (Å²) in [6.45, 7) is 9.58. The molecule has 3 nitrogen and oxygen atoms in total. The highest BCUT2D eigenvalue weighted by atomic mass is 35.5. The van der Waals surface area contributed by atoms with Crippen LogP contribution in [0.3, 0.4) is 0 Å². The van der Waals surface area contributed by atoms with Gasteiger partial charge in [-0.25, -0.2) is 0 Å². The molecule has 0 amide bonds. The highest BCUT2D eigenvalue weighted by molar-refractivity contribution is 5.85. The average Bonchev–Trinajstić information content (AvgIpc) is 2.52. The SMILES string of the molecule is C[C@@H]1NCC[C@@H]1N1CCN(C)C[C@@H]1C.Cl.Cl.